The summed E-state index contributed by atoms with van der Waals surface area (Å²) in [5.74, 6) is 1.27. The third-order valence-electron chi connectivity index (χ3n) is 4.23. The Morgan fingerprint density at radius 3 is 2.68 bits per heavy atom. The number of methoxy groups -OCH3 is 2. The van der Waals surface area contributed by atoms with Crippen LogP contribution in [0, 0.1) is 0 Å². The van der Waals surface area contributed by atoms with E-state index in [1.165, 1.54) is 17.0 Å². The Morgan fingerprint density at radius 2 is 2.00 bits per heavy atom. The second-order valence-corrected chi connectivity index (χ2v) is 5.86. The van der Waals surface area contributed by atoms with Crippen molar-refractivity contribution in [2.24, 2.45) is 7.05 Å². The lowest BCUT2D eigenvalue weighted by molar-refractivity contribution is 0.132. The van der Waals surface area contributed by atoms with Crippen molar-refractivity contribution in [2.45, 2.75) is 19.0 Å². The molecule has 2 aromatic rings. The van der Waals surface area contributed by atoms with Gasteiger partial charge < -0.3 is 14.0 Å². The summed E-state index contributed by atoms with van der Waals surface area (Å²) in [5.41, 5.74) is 3.77. The molecule has 0 bridgehead atoms. The van der Waals surface area contributed by atoms with Crippen LogP contribution in [0.4, 0.5) is 0 Å². The van der Waals surface area contributed by atoms with Crippen LogP contribution in [0.5, 0.6) is 5.75 Å². The van der Waals surface area contributed by atoms with Gasteiger partial charge in [0.05, 0.1) is 25.7 Å². The number of hydrogen-bond acceptors (Lipinski definition) is 4. The van der Waals surface area contributed by atoms with Gasteiger partial charge in [0.1, 0.15) is 5.75 Å². The molecule has 0 radical (unpaired) electrons. The molecule has 0 saturated heterocycles. The molecule has 22 heavy (non-hydrogen) atoms. The van der Waals surface area contributed by atoms with Gasteiger partial charge in [-0.25, -0.2) is 4.98 Å². The van der Waals surface area contributed by atoms with E-state index in [0.717, 1.165) is 32.0 Å². The van der Waals surface area contributed by atoms with Gasteiger partial charge in [0, 0.05) is 45.4 Å². The summed E-state index contributed by atoms with van der Waals surface area (Å²) in [6.07, 6.45) is 1.91. The molecule has 5 nitrogen and oxygen atoms in total. The molecule has 2 heterocycles. The van der Waals surface area contributed by atoms with Crippen LogP contribution in [0.2, 0.25) is 0 Å². The van der Waals surface area contributed by atoms with Crippen LogP contribution in [-0.2, 0) is 24.9 Å². The van der Waals surface area contributed by atoms with Gasteiger partial charge in [-0.3, -0.25) is 4.90 Å². The van der Waals surface area contributed by atoms with E-state index < -0.39 is 0 Å². The van der Waals surface area contributed by atoms with Crippen molar-refractivity contribution in [3.05, 3.63) is 47.5 Å². The highest BCUT2D eigenvalue weighted by molar-refractivity contribution is 5.28. The third-order valence-corrected chi connectivity index (χ3v) is 4.23. The fourth-order valence-corrected chi connectivity index (χ4v) is 3.25. The maximum absolute atomic E-state index is 5.41. The van der Waals surface area contributed by atoms with Gasteiger partial charge in [0.25, 0.3) is 0 Å². The zero-order chi connectivity index (χ0) is 15.5. The lowest BCUT2D eigenvalue weighted by Crippen LogP contribution is -2.35. The van der Waals surface area contributed by atoms with Crippen LogP contribution in [0.1, 0.15) is 22.9 Å². The summed E-state index contributed by atoms with van der Waals surface area (Å²) in [6.45, 7) is 3.53. The maximum atomic E-state index is 5.41. The molecular weight excluding hydrogens is 278 g/mol. The Bertz CT molecular complexity index is 621. The van der Waals surface area contributed by atoms with Crippen LogP contribution in [0.15, 0.2) is 30.6 Å². The Morgan fingerprint density at radius 1 is 1.23 bits per heavy atom. The zero-order valence-corrected chi connectivity index (χ0v) is 13.5. The highest BCUT2D eigenvalue weighted by atomic mass is 16.5. The van der Waals surface area contributed by atoms with E-state index in [2.05, 4.69) is 33.6 Å². The first kappa shape index (κ1) is 15.1. The van der Waals surface area contributed by atoms with E-state index in [9.17, 15) is 0 Å². The molecular formula is C17H23N3O2. The van der Waals surface area contributed by atoms with Gasteiger partial charge in [-0.2, -0.15) is 0 Å². The molecule has 0 amide bonds. The lowest BCUT2D eigenvalue weighted by Gasteiger charge is -2.32. The minimum Gasteiger partial charge on any atom is -0.497 e. The van der Waals surface area contributed by atoms with Gasteiger partial charge in [0.15, 0.2) is 0 Å². The first-order valence-electron chi connectivity index (χ1n) is 7.55. The number of imidazole rings is 1. The average molecular weight is 301 g/mol. The fourth-order valence-electron chi connectivity index (χ4n) is 3.25. The predicted octanol–water partition coefficient (Wildman–Crippen LogP) is 2.17. The highest BCUT2D eigenvalue weighted by Gasteiger charge is 2.28. The number of rotatable bonds is 5. The van der Waals surface area contributed by atoms with Crippen LogP contribution >= 0.6 is 0 Å². The second-order valence-electron chi connectivity index (χ2n) is 5.86. The molecule has 0 spiro atoms. The Hall–Kier alpha value is -1.85. The third kappa shape index (κ3) is 3.00. The van der Waals surface area contributed by atoms with E-state index in [0.29, 0.717) is 5.92 Å². The molecule has 1 aromatic heterocycles. The Labute approximate surface area is 131 Å². The van der Waals surface area contributed by atoms with Crippen LogP contribution in [0.3, 0.4) is 0 Å². The van der Waals surface area contributed by atoms with Crippen molar-refractivity contribution in [1.82, 2.24) is 14.5 Å². The predicted molar refractivity (Wildman–Crippen MR) is 84.9 cm³/mol. The van der Waals surface area contributed by atoms with Gasteiger partial charge in [-0.15, -0.1) is 0 Å². The number of aromatic nitrogens is 2. The van der Waals surface area contributed by atoms with Crippen molar-refractivity contribution in [1.29, 1.82) is 0 Å². The molecule has 0 N–H and O–H groups in total. The molecule has 0 aliphatic carbocycles. The average Bonchev–Trinajstić information content (AvgIpc) is 2.90. The second kappa shape index (κ2) is 6.50. The first-order valence-corrected chi connectivity index (χ1v) is 7.55. The van der Waals surface area contributed by atoms with Crippen molar-refractivity contribution in [3.8, 4) is 5.75 Å². The molecule has 1 aliphatic rings. The summed E-state index contributed by atoms with van der Waals surface area (Å²) in [4.78, 5) is 6.99. The SMILES string of the molecule is COCC1CN(Cc2ccc(OC)cc2)Cc2ncn(C)c21. The van der Waals surface area contributed by atoms with E-state index in [4.69, 9.17) is 9.47 Å². The summed E-state index contributed by atoms with van der Waals surface area (Å²) in [7, 11) is 5.52. The summed E-state index contributed by atoms with van der Waals surface area (Å²) >= 11 is 0. The van der Waals surface area contributed by atoms with Gasteiger partial charge >= 0.3 is 0 Å². The van der Waals surface area contributed by atoms with E-state index in [1.54, 1.807) is 14.2 Å². The molecule has 5 heteroatoms. The molecule has 118 valence electrons. The molecule has 1 aromatic carbocycles. The van der Waals surface area contributed by atoms with E-state index in [-0.39, 0.29) is 0 Å². The monoisotopic (exact) mass is 301 g/mol. The highest BCUT2D eigenvalue weighted by Crippen LogP contribution is 2.28. The van der Waals surface area contributed by atoms with Gasteiger partial charge in [-0.1, -0.05) is 12.1 Å². The van der Waals surface area contributed by atoms with Crippen molar-refractivity contribution >= 4 is 0 Å². The van der Waals surface area contributed by atoms with Gasteiger partial charge in [0.2, 0.25) is 0 Å². The van der Waals surface area contributed by atoms with E-state index >= 15 is 0 Å². The van der Waals surface area contributed by atoms with Crippen molar-refractivity contribution in [3.63, 3.8) is 0 Å². The molecule has 3 rings (SSSR count). The van der Waals surface area contributed by atoms with Crippen LogP contribution in [-0.4, -0.2) is 41.8 Å². The number of ether oxygens (including phenoxy) is 2. The number of aryl methyl sites for hydroxylation is 1. The first-order chi connectivity index (χ1) is 10.7. The van der Waals surface area contributed by atoms with Crippen molar-refractivity contribution < 1.29 is 9.47 Å². The smallest absolute Gasteiger partial charge is 0.118 e. The number of benzene rings is 1. The van der Waals surface area contributed by atoms with Gasteiger partial charge in [-0.05, 0) is 17.7 Å². The topological polar surface area (TPSA) is 39.5 Å². The maximum Gasteiger partial charge on any atom is 0.118 e. The summed E-state index contributed by atoms with van der Waals surface area (Å²) in [5, 5.41) is 0. The Balaban J connectivity index is 1.75. The standard InChI is InChI=1S/C17H23N3O2/c1-19-12-18-16-10-20(9-14(11-21-2)17(16)19)8-13-4-6-15(22-3)7-5-13/h4-7,12,14H,8-11H2,1-3H3. The van der Waals surface area contributed by atoms with Crippen molar-refractivity contribution in [2.75, 3.05) is 27.4 Å². The normalized spacial score (nSPS) is 18.2. The molecule has 0 saturated carbocycles. The number of fused-ring (bicyclic) bond motifs is 1. The fraction of sp³-hybridized carbons (Fsp3) is 0.471. The molecule has 0 fully saturated rings. The molecule has 1 aliphatic heterocycles. The minimum atomic E-state index is 0.375. The van der Waals surface area contributed by atoms with E-state index in [1.807, 2.05) is 18.5 Å². The largest absolute Gasteiger partial charge is 0.497 e. The quantitative estimate of drug-likeness (QED) is 0.848. The lowest BCUT2D eigenvalue weighted by atomic mass is 9.98. The molecule has 1 unspecified atom stereocenters. The minimum absolute atomic E-state index is 0.375. The zero-order valence-electron chi connectivity index (χ0n) is 13.5. The van der Waals surface area contributed by atoms with Crippen LogP contribution < -0.4 is 4.74 Å². The van der Waals surface area contributed by atoms with Crippen LogP contribution in [0.25, 0.3) is 0 Å². The summed E-state index contributed by atoms with van der Waals surface area (Å²) < 4.78 is 12.8. The summed E-state index contributed by atoms with van der Waals surface area (Å²) in [6, 6.07) is 8.27. The Kier molecular flexibility index (Phi) is 4.45. The molecule has 1 atom stereocenters. The number of nitrogens with zero attached hydrogens (tertiary/aromatic N) is 3. The number of hydrogen-bond donors (Lipinski definition) is 0.